The fraction of sp³-hybridized carbons (Fsp3) is 0.350. The molecule has 2 nitrogen and oxygen atoms in total. The number of hydrogen-bond donors (Lipinski definition) is 0. The SMILES string of the molecule is CCCC(CCC)=NOC(c1ccc(F)cc1)c1ccc(F)cc1. The molecule has 0 N–H and O–H groups in total. The number of nitrogens with zero attached hydrogens (tertiary/aromatic N) is 1. The molecule has 0 bridgehead atoms. The van der Waals surface area contributed by atoms with Gasteiger partial charge in [-0.15, -0.1) is 0 Å². The molecule has 24 heavy (non-hydrogen) atoms. The zero-order chi connectivity index (χ0) is 17.4. The molecule has 0 fully saturated rings. The van der Waals surface area contributed by atoms with Gasteiger partial charge in [0, 0.05) is 0 Å². The molecule has 0 atom stereocenters. The van der Waals surface area contributed by atoms with Gasteiger partial charge in [-0.1, -0.05) is 56.1 Å². The van der Waals surface area contributed by atoms with Crippen LogP contribution in [0, 0.1) is 11.6 Å². The van der Waals surface area contributed by atoms with E-state index in [9.17, 15) is 8.78 Å². The van der Waals surface area contributed by atoms with E-state index in [0.717, 1.165) is 42.5 Å². The molecule has 0 heterocycles. The second-order valence-electron chi connectivity index (χ2n) is 5.75. The van der Waals surface area contributed by atoms with Crippen molar-refractivity contribution in [2.24, 2.45) is 5.16 Å². The van der Waals surface area contributed by atoms with E-state index in [2.05, 4.69) is 19.0 Å². The Kier molecular flexibility index (Phi) is 6.91. The van der Waals surface area contributed by atoms with Crippen LogP contribution in [0.1, 0.15) is 56.8 Å². The van der Waals surface area contributed by atoms with Crippen LogP contribution in [-0.4, -0.2) is 5.71 Å². The van der Waals surface area contributed by atoms with Gasteiger partial charge in [0.1, 0.15) is 11.6 Å². The first-order chi connectivity index (χ1) is 11.6. The molecule has 0 aliphatic heterocycles. The zero-order valence-electron chi connectivity index (χ0n) is 14.1. The summed E-state index contributed by atoms with van der Waals surface area (Å²) in [6.07, 6.45) is 3.27. The monoisotopic (exact) mass is 331 g/mol. The second kappa shape index (κ2) is 9.16. The van der Waals surface area contributed by atoms with Gasteiger partial charge in [-0.05, 0) is 48.2 Å². The van der Waals surface area contributed by atoms with Crippen LogP contribution in [0.3, 0.4) is 0 Å². The Morgan fingerprint density at radius 2 is 1.25 bits per heavy atom. The summed E-state index contributed by atoms with van der Waals surface area (Å²) < 4.78 is 26.4. The highest BCUT2D eigenvalue weighted by atomic mass is 19.1. The van der Waals surface area contributed by atoms with Gasteiger partial charge in [0.2, 0.25) is 0 Å². The van der Waals surface area contributed by atoms with Crippen molar-refractivity contribution >= 4 is 5.71 Å². The number of rotatable bonds is 8. The minimum absolute atomic E-state index is 0.308. The summed E-state index contributed by atoms with van der Waals surface area (Å²) in [5.41, 5.74) is 2.56. The first-order valence-corrected chi connectivity index (χ1v) is 8.36. The van der Waals surface area contributed by atoms with E-state index in [1.54, 1.807) is 24.3 Å². The smallest absolute Gasteiger partial charge is 0.177 e. The van der Waals surface area contributed by atoms with Crippen LogP contribution in [0.2, 0.25) is 0 Å². The first kappa shape index (κ1) is 18.1. The van der Waals surface area contributed by atoms with Gasteiger partial charge in [0.05, 0.1) is 5.71 Å². The Hall–Kier alpha value is -2.23. The number of benzene rings is 2. The van der Waals surface area contributed by atoms with Gasteiger partial charge in [0.15, 0.2) is 6.10 Å². The topological polar surface area (TPSA) is 21.6 Å². The maximum Gasteiger partial charge on any atom is 0.177 e. The van der Waals surface area contributed by atoms with Crippen LogP contribution in [0.4, 0.5) is 8.78 Å². The quantitative estimate of drug-likeness (QED) is 0.428. The molecule has 0 unspecified atom stereocenters. The van der Waals surface area contributed by atoms with Gasteiger partial charge in [-0.3, -0.25) is 0 Å². The average Bonchev–Trinajstić information content (AvgIpc) is 2.58. The molecule has 0 aliphatic rings. The van der Waals surface area contributed by atoms with Crippen LogP contribution in [0.5, 0.6) is 0 Å². The summed E-state index contributed by atoms with van der Waals surface area (Å²) in [6, 6.07) is 12.2. The van der Waals surface area contributed by atoms with Crippen molar-refractivity contribution in [1.29, 1.82) is 0 Å². The number of hydrogen-bond acceptors (Lipinski definition) is 2. The maximum atomic E-state index is 13.2. The van der Waals surface area contributed by atoms with Crippen LogP contribution >= 0.6 is 0 Å². The van der Waals surface area contributed by atoms with Gasteiger partial charge in [-0.25, -0.2) is 8.78 Å². The fourth-order valence-electron chi connectivity index (χ4n) is 2.51. The standard InChI is InChI=1S/C20H23F2NO/c1-3-5-19(6-4-2)23-24-20(15-7-11-17(21)12-8-15)16-9-13-18(22)14-10-16/h7-14,20H,3-6H2,1-2H3. The van der Waals surface area contributed by atoms with Crippen LogP contribution < -0.4 is 0 Å². The largest absolute Gasteiger partial charge is 0.383 e. The average molecular weight is 331 g/mol. The molecule has 2 aromatic carbocycles. The fourth-order valence-corrected chi connectivity index (χ4v) is 2.51. The van der Waals surface area contributed by atoms with Gasteiger partial charge < -0.3 is 4.84 Å². The number of oxime groups is 1. The molecule has 2 rings (SSSR count). The van der Waals surface area contributed by atoms with Crippen molar-refractivity contribution in [2.45, 2.75) is 45.6 Å². The summed E-state index contributed by atoms with van der Waals surface area (Å²) in [6.45, 7) is 4.20. The Morgan fingerprint density at radius 3 is 1.62 bits per heavy atom. The van der Waals surface area contributed by atoms with Crippen LogP contribution in [0.25, 0.3) is 0 Å². The van der Waals surface area contributed by atoms with E-state index in [1.807, 2.05) is 0 Å². The lowest BCUT2D eigenvalue weighted by Crippen LogP contribution is -2.06. The molecule has 0 spiro atoms. The molecule has 2 aromatic rings. The molecule has 0 radical (unpaired) electrons. The lowest BCUT2D eigenvalue weighted by molar-refractivity contribution is 0.0861. The van der Waals surface area contributed by atoms with Crippen molar-refractivity contribution in [3.8, 4) is 0 Å². The highest BCUT2D eigenvalue weighted by Gasteiger charge is 2.16. The normalized spacial score (nSPS) is 10.7. The molecule has 0 aliphatic carbocycles. The van der Waals surface area contributed by atoms with E-state index in [1.165, 1.54) is 24.3 Å². The third-order valence-corrected chi connectivity index (χ3v) is 3.71. The van der Waals surface area contributed by atoms with Crippen LogP contribution in [-0.2, 0) is 4.84 Å². The molecular formula is C20H23F2NO. The first-order valence-electron chi connectivity index (χ1n) is 8.36. The highest BCUT2D eigenvalue weighted by molar-refractivity contribution is 5.83. The second-order valence-corrected chi connectivity index (χ2v) is 5.75. The van der Waals surface area contributed by atoms with Crippen molar-refractivity contribution in [3.05, 3.63) is 71.3 Å². The lowest BCUT2D eigenvalue weighted by atomic mass is 10.0. The molecule has 0 saturated heterocycles. The van der Waals surface area contributed by atoms with E-state index in [0.29, 0.717) is 0 Å². The number of halogens is 2. The van der Waals surface area contributed by atoms with E-state index >= 15 is 0 Å². The Morgan fingerprint density at radius 1 is 0.833 bits per heavy atom. The minimum atomic E-state index is -0.491. The minimum Gasteiger partial charge on any atom is -0.383 e. The van der Waals surface area contributed by atoms with Crippen molar-refractivity contribution < 1.29 is 13.6 Å². The predicted octanol–water partition coefficient (Wildman–Crippen LogP) is 6.03. The predicted molar refractivity (Wildman–Crippen MR) is 93.0 cm³/mol. The maximum absolute atomic E-state index is 13.2. The lowest BCUT2D eigenvalue weighted by Gasteiger charge is -2.17. The Labute approximate surface area is 142 Å². The molecule has 0 saturated carbocycles. The van der Waals surface area contributed by atoms with Crippen molar-refractivity contribution in [3.63, 3.8) is 0 Å². The van der Waals surface area contributed by atoms with Gasteiger partial charge in [-0.2, -0.15) is 0 Å². The van der Waals surface area contributed by atoms with Crippen molar-refractivity contribution in [2.75, 3.05) is 0 Å². The summed E-state index contributed by atoms with van der Waals surface area (Å²) in [5, 5.41) is 4.33. The molecule has 4 heteroatoms. The van der Waals surface area contributed by atoms with Gasteiger partial charge >= 0.3 is 0 Å². The molecule has 128 valence electrons. The summed E-state index contributed by atoms with van der Waals surface area (Å²) in [4.78, 5) is 5.80. The van der Waals surface area contributed by atoms with E-state index in [-0.39, 0.29) is 11.6 Å². The van der Waals surface area contributed by atoms with Gasteiger partial charge in [0.25, 0.3) is 0 Å². The third kappa shape index (κ3) is 5.15. The summed E-state index contributed by atoms with van der Waals surface area (Å²) >= 11 is 0. The van der Waals surface area contributed by atoms with Crippen molar-refractivity contribution in [1.82, 2.24) is 0 Å². The molecule has 0 aromatic heterocycles. The highest BCUT2D eigenvalue weighted by Crippen LogP contribution is 2.27. The summed E-state index contributed by atoms with van der Waals surface area (Å²) in [7, 11) is 0. The molecule has 0 amide bonds. The van der Waals surface area contributed by atoms with E-state index in [4.69, 9.17) is 4.84 Å². The molecular weight excluding hydrogens is 308 g/mol. The zero-order valence-corrected chi connectivity index (χ0v) is 14.1. The Bertz CT molecular complexity index is 597. The van der Waals surface area contributed by atoms with E-state index < -0.39 is 6.10 Å². The summed E-state index contributed by atoms with van der Waals surface area (Å²) in [5.74, 6) is -0.615. The third-order valence-electron chi connectivity index (χ3n) is 3.71. The Balaban J connectivity index is 2.30. The van der Waals surface area contributed by atoms with Crippen LogP contribution in [0.15, 0.2) is 53.7 Å².